The molecule has 94 valence electrons. The molecule has 2 aromatic rings. The molecule has 0 amide bonds. The smallest absolute Gasteiger partial charge is 0.0710 e. The highest BCUT2D eigenvalue weighted by Gasteiger charge is 2.13. The fourth-order valence-corrected chi connectivity index (χ4v) is 3.31. The van der Waals surface area contributed by atoms with Crippen LogP contribution in [-0.4, -0.2) is 0 Å². The average Bonchev–Trinajstić information content (AvgIpc) is 2.28. The zero-order valence-corrected chi connectivity index (χ0v) is 13.1. The summed E-state index contributed by atoms with van der Waals surface area (Å²) in [6.45, 7) is 2.08. The maximum atomic E-state index is 5.71. The van der Waals surface area contributed by atoms with E-state index in [4.69, 9.17) is 5.84 Å². The molecule has 0 aliphatic rings. The van der Waals surface area contributed by atoms with Crippen molar-refractivity contribution in [3.63, 3.8) is 0 Å². The zero-order chi connectivity index (χ0) is 13.1. The highest BCUT2D eigenvalue weighted by molar-refractivity contribution is 9.11. The Kier molecular flexibility index (Phi) is 4.56. The molecule has 2 rings (SSSR count). The van der Waals surface area contributed by atoms with Crippen molar-refractivity contribution >= 4 is 31.9 Å². The Morgan fingerprint density at radius 1 is 1.00 bits per heavy atom. The third-order valence-corrected chi connectivity index (χ3v) is 3.68. The molecule has 0 radical (unpaired) electrons. The molecular formula is C14H14Br2N2. The first-order valence-electron chi connectivity index (χ1n) is 5.59. The van der Waals surface area contributed by atoms with Crippen LogP contribution in [0, 0.1) is 6.92 Å². The molecule has 0 aromatic heterocycles. The van der Waals surface area contributed by atoms with E-state index in [2.05, 4.69) is 74.5 Å². The number of benzene rings is 2. The molecule has 2 nitrogen and oxygen atoms in total. The Balaban J connectivity index is 2.45. The van der Waals surface area contributed by atoms with E-state index in [-0.39, 0.29) is 6.04 Å². The second kappa shape index (κ2) is 5.97. The number of aryl methyl sites for hydroxylation is 1. The van der Waals surface area contributed by atoms with E-state index in [1.165, 1.54) is 5.56 Å². The normalized spacial score (nSPS) is 12.4. The molecule has 0 spiro atoms. The number of hydrazine groups is 1. The maximum absolute atomic E-state index is 5.71. The zero-order valence-electron chi connectivity index (χ0n) is 9.95. The first-order chi connectivity index (χ1) is 8.60. The second-order valence-electron chi connectivity index (χ2n) is 4.22. The van der Waals surface area contributed by atoms with Gasteiger partial charge >= 0.3 is 0 Å². The first kappa shape index (κ1) is 13.7. The highest BCUT2D eigenvalue weighted by atomic mass is 79.9. The monoisotopic (exact) mass is 368 g/mol. The van der Waals surface area contributed by atoms with E-state index in [1.807, 2.05) is 12.1 Å². The van der Waals surface area contributed by atoms with Crippen molar-refractivity contribution in [3.8, 4) is 0 Å². The molecule has 1 unspecified atom stereocenters. The molecule has 4 heteroatoms. The Morgan fingerprint density at radius 2 is 1.67 bits per heavy atom. The average molecular weight is 370 g/mol. The summed E-state index contributed by atoms with van der Waals surface area (Å²) in [4.78, 5) is 0. The van der Waals surface area contributed by atoms with Crippen LogP contribution in [0.2, 0.25) is 0 Å². The van der Waals surface area contributed by atoms with E-state index < -0.39 is 0 Å². The van der Waals surface area contributed by atoms with Crippen LogP contribution in [0.4, 0.5) is 0 Å². The van der Waals surface area contributed by atoms with Crippen LogP contribution in [0.1, 0.15) is 22.7 Å². The van der Waals surface area contributed by atoms with Gasteiger partial charge in [-0.1, -0.05) is 61.7 Å². The summed E-state index contributed by atoms with van der Waals surface area (Å²) in [5, 5.41) is 0. The number of nitrogens with two attached hydrogens (primary N) is 1. The van der Waals surface area contributed by atoms with E-state index in [0.717, 1.165) is 20.1 Å². The van der Waals surface area contributed by atoms with Crippen LogP contribution in [0.15, 0.2) is 51.4 Å². The third-order valence-electron chi connectivity index (χ3n) is 2.76. The number of nitrogens with one attached hydrogen (secondary N) is 1. The highest BCUT2D eigenvalue weighted by Crippen LogP contribution is 2.28. The van der Waals surface area contributed by atoms with Crippen LogP contribution in [0.25, 0.3) is 0 Å². The maximum Gasteiger partial charge on any atom is 0.0710 e. The van der Waals surface area contributed by atoms with Crippen molar-refractivity contribution in [3.05, 3.63) is 68.1 Å². The number of hydrogen-bond acceptors (Lipinski definition) is 2. The van der Waals surface area contributed by atoms with Gasteiger partial charge in [0.15, 0.2) is 0 Å². The van der Waals surface area contributed by atoms with Crippen molar-refractivity contribution in [1.82, 2.24) is 5.43 Å². The van der Waals surface area contributed by atoms with E-state index >= 15 is 0 Å². The molecule has 3 N–H and O–H groups in total. The fourth-order valence-electron chi connectivity index (χ4n) is 1.98. The molecule has 0 aliphatic heterocycles. The molecular weight excluding hydrogens is 356 g/mol. The van der Waals surface area contributed by atoms with E-state index in [9.17, 15) is 0 Å². The summed E-state index contributed by atoms with van der Waals surface area (Å²) in [5.41, 5.74) is 6.37. The van der Waals surface area contributed by atoms with Crippen LogP contribution < -0.4 is 11.3 Å². The topological polar surface area (TPSA) is 38.0 Å². The lowest BCUT2D eigenvalue weighted by Crippen LogP contribution is -2.28. The molecule has 1 atom stereocenters. The Morgan fingerprint density at radius 3 is 2.22 bits per heavy atom. The van der Waals surface area contributed by atoms with Gasteiger partial charge in [-0.05, 0) is 36.2 Å². The molecule has 0 heterocycles. The summed E-state index contributed by atoms with van der Waals surface area (Å²) in [6, 6.07) is 14.5. The van der Waals surface area contributed by atoms with Gasteiger partial charge in [-0.25, -0.2) is 5.43 Å². The van der Waals surface area contributed by atoms with Crippen molar-refractivity contribution < 1.29 is 0 Å². The van der Waals surface area contributed by atoms with Gasteiger partial charge in [0.25, 0.3) is 0 Å². The van der Waals surface area contributed by atoms with Gasteiger partial charge in [-0.3, -0.25) is 5.84 Å². The van der Waals surface area contributed by atoms with E-state index in [0.29, 0.717) is 0 Å². The molecule has 0 fully saturated rings. The Labute approximate surface area is 124 Å². The third kappa shape index (κ3) is 3.20. The summed E-state index contributed by atoms with van der Waals surface area (Å²) in [5.74, 6) is 5.71. The quantitative estimate of drug-likeness (QED) is 0.632. The minimum Gasteiger partial charge on any atom is -0.271 e. The minimum atomic E-state index is -0.0151. The van der Waals surface area contributed by atoms with Crippen molar-refractivity contribution in [2.24, 2.45) is 5.84 Å². The van der Waals surface area contributed by atoms with Crippen LogP contribution >= 0.6 is 31.9 Å². The van der Waals surface area contributed by atoms with E-state index in [1.54, 1.807) is 0 Å². The second-order valence-corrected chi connectivity index (χ2v) is 6.05. The van der Waals surface area contributed by atoms with Crippen LogP contribution in [0.5, 0.6) is 0 Å². The lowest BCUT2D eigenvalue weighted by atomic mass is 9.98. The van der Waals surface area contributed by atoms with Crippen LogP contribution in [-0.2, 0) is 0 Å². The number of hydrogen-bond donors (Lipinski definition) is 2. The fraction of sp³-hybridized carbons (Fsp3) is 0.143. The molecule has 0 bridgehead atoms. The van der Waals surface area contributed by atoms with Gasteiger partial charge in [0.05, 0.1) is 6.04 Å². The van der Waals surface area contributed by atoms with Gasteiger partial charge in [0.1, 0.15) is 0 Å². The Bertz CT molecular complexity index is 535. The predicted molar refractivity (Wildman–Crippen MR) is 82.2 cm³/mol. The minimum absolute atomic E-state index is 0.0151. The van der Waals surface area contributed by atoms with Crippen molar-refractivity contribution in [2.75, 3.05) is 0 Å². The summed E-state index contributed by atoms with van der Waals surface area (Å²) in [7, 11) is 0. The molecule has 0 aliphatic carbocycles. The molecule has 18 heavy (non-hydrogen) atoms. The van der Waals surface area contributed by atoms with Gasteiger partial charge < -0.3 is 0 Å². The lowest BCUT2D eigenvalue weighted by Gasteiger charge is -2.18. The molecule has 0 saturated carbocycles. The predicted octanol–water partition coefficient (Wildman–Crippen LogP) is 4.07. The lowest BCUT2D eigenvalue weighted by molar-refractivity contribution is 0.636. The van der Waals surface area contributed by atoms with Gasteiger partial charge in [0.2, 0.25) is 0 Å². The summed E-state index contributed by atoms with van der Waals surface area (Å²) < 4.78 is 2.06. The van der Waals surface area contributed by atoms with Crippen molar-refractivity contribution in [1.29, 1.82) is 0 Å². The van der Waals surface area contributed by atoms with Gasteiger partial charge in [-0.15, -0.1) is 0 Å². The molecule has 0 saturated heterocycles. The summed E-state index contributed by atoms with van der Waals surface area (Å²) in [6.07, 6.45) is 0. The van der Waals surface area contributed by atoms with Gasteiger partial charge in [0, 0.05) is 8.95 Å². The largest absolute Gasteiger partial charge is 0.271 e. The van der Waals surface area contributed by atoms with Gasteiger partial charge in [-0.2, -0.15) is 0 Å². The summed E-state index contributed by atoms with van der Waals surface area (Å²) >= 11 is 7.00. The van der Waals surface area contributed by atoms with Crippen molar-refractivity contribution in [2.45, 2.75) is 13.0 Å². The SMILES string of the molecule is Cc1cccc(C(NN)c2cc(Br)cc(Br)c2)c1. The number of halogens is 2. The standard InChI is InChI=1S/C14H14Br2N2/c1-9-3-2-4-10(5-9)14(18-17)11-6-12(15)8-13(16)7-11/h2-8,14,18H,17H2,1H3. The number of rotatable bonds is 3. The molecule has 2 aromatic carbocycles. The van der Waals surface area contributed by atoms with Crippen LogP contribution in [0.3, 0.4) is 0 Å². The first-order valence-corrected chi connectivity index (χ1v) is 7.17. The Hall–Kier alpha value is -0.680.